The first-order valence-electron chi connectivity index (χ1n) is 12.3. The maximum absolute atomic E-state index is 13.7. The quantitative estimate of drug-likeness (QED) is 0.297. The van der Waals surface area contributed by atoms with Crippen LogP contribution in [0.25, 0.3) is 0 Å². The molecule has 200 valence electrons. The molecule has 4 rings (SSSR count). The smallest absolute Gasteiger partial charge is 0.337 e. The van der Waals surface area contributed by atoms with Crippen molar-refractivity contribution >= 4 is 23.3 Å². The lowest BCUT2D eigenvalue weighted by molar-refractivity contribution is -0.384. The summed E-state index contributed by atoms with van der Waals surface area (Å²) in [5, 5.41) is 11.5. The molecule has 1 fully saturated rings. The van der Waals surface area contributed by atoms with E-state index in [4.69, 9.17) is 9.47 Å². The van der Waals surface area contributed by atoms with Crippen LogP contribution < -0.4 is 0 Å². The Morgan fingerprint density at radius 2 is 1.92 bits per heavy atom. The fraction of sp³-hybridized carbons (Fsp3) is 0.393. The van der Waals surface area contributed by atoms with Crippen LogP contribution in [0, 0.1) is 21.8 Å². The summed E-state index contributed by atoms with van der Waals surface area (Å²) in [6.45, 7) is 6.91. The van der Waals surface area contributed by atoms with E-state index >= 15 is 0 Å². The van der Waals surface area contributed by atoms with Crippen LogP contribution in [0.15, 0.2) is 64.8 Å². The van der Waals surface area contributed by atoms with Gasteiger partial charge in [0.25, 0.3) is 5.69 Å². The standard InChI is InChI=1S/C28H30FN3O6/c1-17-23(26(33)37-4)25(20-6-5-7-22(14-20)32(35)36)24(18(2)30-17)27(34)38-28(3)12-13-31(16-28)15-19-8-10-21(29)11-9-19/h5-11,14,23,25H,12-13,15-16H2,1-4H3. The Bertz CT molecular complexity index is 1320. The number of benzene rings is 2. The minimum absolute atomic E-state index is 0.157. The van der Waals surface area contributed by atoms with Crippen LogP contribution in [0.5, 0.6) is 0 Å². The highest BCUT2D eigenvalue weighted by Gasteiger charge is 2.45. The molecule has 9 nitrogen and oxygen atoms in total. The lowest BCUT2D eigenvalue weighted by Crippen LogP contribution is -2.40. The maximum atomic E-state index is 13.7. The highest BCUT2D eigenvalue weighted by atomic mass is 19.1. The molecule has 0 aliphatic carbocycles. The van der Waals surface area contributed by atoms with Crippen LogP contribution in [0.1, 0.15) is 44.2 Å². The zero-order valence-corrected chi connectivity index (χ0v) is 21.8. The molecular formula is C28H30FN3O6. The highest BCUT2D eigenvalue weighted by molar-refractivity contribution is 6.07. The third-order valence-corrected chi connectivity index (χ3v) is 7.12. The maximum Gasteiger partial charge on any atom is 0.337 e. The number of carbonyl (C=O) groups excluding carboxylic acids is 2. The van der Waals surface area contributed by atoms with Gasteiger partial charge in [-0.05, 0) is 44.0 Å². The number of likely N-dealkylation sites (tertiary alicyclic amines) is 1. The summed E-state index contributed by atoms with van der Waals surface area (Å²) in [6.07, 6.45) is 0.580. The lowest BCUT2D eigenvalue weighted by Gasteiger charge is -2.33. The van der Waals surface area contributed by atoms with E-state index in [9.17, 15) is 24.1 Å². The van der Waals surface area contributed by atoms with Gasteiger partial charge in [-0.1, -0.05) is 24.3 Å². The summed E-state index contributed by atoms with van der Waals surface area (Å²) in [5.41, 5.74) is 1.40. The minimum atomic E-state index is -0.945. The molecule has 0 N–H and O–H groups in total. The molecule has 1 saturated heterocycles. The van der Waals surface area contributed by atoms with Crippen LogP contribution >= 0.6 is 0 Å². The van der Waals surface area contributed by atoms with Gasteiger partial charge in [-0.3, -0.25) is 24.8 Å². The van der Waals surface area contributed by atoms with Crippen molar-refractivity contribution in [1.82, 2.24) is 4.90 Å². The number of rotatable bonds is 7. The molecule has 0 aromatic heterocycles. The topological polar surface area (TPSA) is 111 Å². The van der Waals surface area contributed by atoms with Gasteiger partial charge >= 0.3 is 11.9 Å². The third kappa shape index (κ3) is 5.65. The molecule has 2 aromatic rings. The number of methoxy groups -OCH3 is 1. The van der Waals surface area contributed by atoms with Gasteiger partial charge in [-0.25, -0.2) is 9.18 Å². The lowest BCUT2D eigenvalue weighted by atomic mass is 9.75. The molecule has 2 heterocycles. The van der Waals surface area contributed by atoms with E-state index in [1.165, 1.54) is 37.4 Å². The van der Waals surface area contributed by atoms with Crippen molar-refractivity contribution in [2.24, 2.45) is 10.9 Å². The average Bonchev–Trinajstić information content (AvgIpc) is 3.24. The minimum Gasteiger partial charge on any atom is -0.468 e. The number of nitrogens with zero attached hydrogens (tertiary/aromatic N) is 3. The monoisotopic (exact) mass is 523 g/mol. The van der Waals surface area contributed by atoms with Crippen molar-refractivity contribution in [3.8, 4) is 0 Å². The second-order valence-corrected chi connectivity index (χ2v) is 10.0. The Morgan fingerprint density at radius 3 is 2.58 bits per heavy atom. The molecule has 0 bridgehead atoms. The SMILES string of the molecule is COC(=O)C1C(C)=NC(C)=C(C(=O)OC2(C)CCN(Cc3ccc(F)cc3)C2)C1c1cccc([N+](=O)[O-])c1. The van der Waals surface area contributed by atoms with E-state index in [-0.39, 0.29) is 17.1 Å². The number of allylic oxidation sites excluding steroid dienone is 1. The van der Waals surface area contributed by atoms with E-state index in [1.54, 1.807) is 32.0 Å². The van der Waals surface area contributed by atoms with Crippen molar-refractivity contribution in [2.75, 3.05) is 20.2 Å². The predicted molar refractivity (Wildman–Crippen MR) is 138 cm³/mol. The number of carbonyl (C=O) groups is 2. The van der Waals surface area contributed by atoms with Gasteiger partial charge in [-0.2, -0.15) is 0 Å². The molecular weight excluding hydrogens is 493 g/mol. The first-order valence-corrected chi connectivity index (χ1v) is 12.3. The van der Waals surface area contributed by atoms with Crippen LogP contribution in [-0.2, 0) is 25.6 Å². The van der Waals surface area contributed by atoms with Crippen LogP contribution in [0.2, 0.25) is 0 Å². The van der Waals surface area contributed by atoms with Crippen molar-refractivity contribution < 1.29 is 28.4 Å². The Kier molecular flexibility index (Phi) is 7.73. The van der Waals surface area contributed by atoms with E-state index in [0.29, 0.717) is 43.0 Å². The molecule has 2 aliphatic rings. The Morgan fingerprint density at radius 1 is 1.21 bits per heavy atom. The van der Waals surface area contributed by atoms with Gasteiger partial charge in [0.15, 0.2) is 0 Å². The number of nitro benzene ring substituents is 1. The van der Waals surface area contributed by atoms with Gasteiger partial charge in [0.2, 0.25) is 0 Å². The van der Waals surface area contributed by atoms with Gasteiger partial charge in [0, 0.05) is 55.5 Å². The number of esters is 2. The van der Waals surface area contributed by atoms with Crippen molar-refractivity contribution in [2.45, 2.75) is 45.3 Å². The van der Waals surface area contributed by atoms with Crippen molar-refractivity contribution in [1.29, 1.82) is 0 Å². The van der Waals surface area contributed by atoms with Crippen LogP contribution in [0.3, 0.4) is 0 Å². The van der Waals surface area contributed by atoms with Crippen LogP contribution in [0.4, 0.5) is 10.1 Å². The summed E-state index contributed by atoms with van der Waals surface area (Å²) in [6, 6.07) is 12.2. The van der Waals surface area contributed by atoms with Crippen molar-refractivity contribution in [3.05, 3.63) is 86.9 Å². The Hall–Kier alpha value is -3.92. The zero-order valence-electron chi connectivity index (χ0n) is 21.8. The summed E-state index contributed by atoms with van der Waals surface area (Å²) in [4.78, 5) is 44.1. The number of hydrogen-bond acceptors (Lipinski definition) is 8. The normalized spacial score (nSPS) is 23.7. The number of ether oxygens (including phenoxy) is 2. The second kappa shape index (κ2) is 10.8. The summed E-state index contributed by atoms with van der Waals surface area (Å²) in [5.74, 6) is -3.34. The first-order chi connectivity index (χ1) is 18.0. The molecule has 3 atom stereocenters. The number of nitro groups is 1. The first kappa shape index (κ1) is 27.1. The van der Waals surface area contributed by atoms with Gasteiger partial charge in [-0.15, -0.1) is 0 Å². The van der Waals surface area contributed by atoms with E-state index in [2.05, 4.69) is 9.89 Å². The van der Waals surface area contributed by atoms with Crippen LogP contribution in [-0.4, -0.2) is 53.3 Å². The fourth-order valence-electron chi connectivity index (χ4n) is 5.30. The number of hydrogen-bond donors (Lipinski definition) is 0. The molecule has 0 spiro atoms. The molecule has 3 unspecified atom stereocenters. The highest BCUT2D eigenvalue weighted by Crippen LogP contribution is 2.42. The summed E-state index contributed by atoms with van der Waals surface area (Å²) >= 11 is 0. The molecule has 10 heteroatoms. The van der Waals surface area contributed by atoms with E-state index in [0.717, 1.165) is 5.56 Å². The molecule has 0 saturated carbocycles. The largest absolute Gasteiger partial charge is 0.468 e. The Labute approximate surface area is 220 Å². The van der Waals surface area contributed by atoms with Gasteiger partial charge < -0.3 is 9.47 Å². The molecule has 0 amide bonds. The third-order valence-electron chi connectivity index (χ3n) is 7.12. The summed E-state index contributed by atoms with van der Waals surface area (Å²) < 4.78 is 24.4. The molecule has 38 heavy (non-hydrogen) atoms. The van der Waals surface area contributed by atoms with E-state index < -0.39 is 34.3 Å². The predicted octanol–water partition coefficient (Wildman–Crippen LogP) is 4.56. The summed E-state index contributed by atoms with van der Waals surface area (Å²) in [7, 11) is 1.25. The second-order valence-electron chi connectivity index (χ2n) is 10.0. The molecule has 2 aliphatic heterocycles. The average molecular weight is 524 g/mol. The number of non-ortho nitro benzene ring substituents is 1. The van der Waals surface area contributed by atoms with Gasteiger partial charge in [0.05, 0.1) is 17.6 Å². The molecule has 2 aromatic carbocycles. The zero-order chi connectivity index (χ0) is 27.6. The van der Waals surface area contributed by atoms with Gasteiger partial charge in [0.1, 0.15) is 17.3 Å². The number of halogens is 1. The Balaban J connectivity index is 1.62. The molecule has 0 radical (unpaired) electrons. The van der Waals surface area contributed by atoms with E-state index in [1.807, 2.05) is 6.92 Å². The number of aliphatic imine (C=N–C) groups is 1. The fourth-order valence-corrected chi connectivity index (χ4v) is 5.30. The van der Waals surface area contributed by atoms with Crippen molar-refractivity contribution in [3.63, 3.8) is 0 Å².